The van der Waals surface area contributed by atoms with Crippen LogP contribution in [0.3, 0.4) is 0 Å². The average molecular weight is 657 g/mol. The highest BCUT2D eigenvalue weighted by atomic mass is 16.5. The van der Waals surface area contributed by atoms with Gasteiger partial charge in [0.2, 0.25) is 0 Å². The van der Waals surface area contributed by atoms with Crippen molar-refractivity contribution in [1.82, 2.24) is 0 Å². The van der Waals surface area contributed by atoms with Gasteiger partial charge in [-0.15, -0.1) is 0 Å². The smallest absolute Gasteiger partial charge is 0.335 e. The molecule has 0 saturated heterocycles. The first-order valence-corrected chi connectivity index (χ1v) is 17.3. The number of esters is 1. The van der Waals surface area contributed by atoms with Gasteiger partial charge in [-0.05, 0) is 152 Å². The summed E-state index contributed by atoms with van der Waals surface area (Å²) in [4.78, 5) is 16.3. The number of ether oxygens (including phenoxy) is 1. The molecule has 0 unspecified atom stereocenters. The third-order valence-electron chi connectivity index (χ3n) is 9.30. The second kappa shape index (κ2) is 15.1. The quantitative estimate of drug-likeness (QED) is 0.0789. The lowest BCUT2D eigenvalue weighted by atomic mass is 10.0. The fraction of sp³-hybridized carbons (Fsp3) is 0.152. The minimum atomic E-state index is -0.479. The van der Waals surface area contributed by atoms with E-state index in [2.05, 4.69) is 160 Å². The van der Waals surface area contributed by atoms with Crippen LogP contribution in [0.1, 0.15) is 41.7 Å². The maximum Gasteiger partial charge on any atom is 0.335 e. The van der Waals surface area contributed by atoms with E-state index < -0.39 is 5.97 Å². The molecule has 0 aliphatic carbocycles. The molecule has 6 aromatic carbocycles. The van der Waals surface area contributed by atoms with Crippen LogP contribution in [0.4, 0.5) is 34.1 Å². The van der Waals surface area contributed by atoms with E-state index in [4.69, 9.17) is 4.74 Å². The summed E-state index contributed by atoms with van der Waals surface area (Å²) in [6.45, 7) is 14.3. The van der Waals surface area contributed by atoms with Crippen molar-refractivity contribution < 1.29 is 9.53 Å². The van der Waals surface area contributed by atoms with Crippen molar-refractivity contribution in [2.75, 3.05) is 9.80 Å². The summed E-state index contributed by atoms with van der Waals surface area (Å²) in [6.07, 6.45) is 3.11. The Hall–Kier alpha value is -5.87. The standard InChI is InChI=1S/C46H44N2O2/c1-7-35-30-43(20-12-33(35)5)47(39-18-10-32(4)11-19-39)40-22-14-37(15-23-40)38-16-24-41(25-17-38)48(44-21-13-34(6)36(8-2)31-44)42-26-28-45(29-27-42)50-46(49)9-3/h9-31H,3,7-8H2,1-2,4-6H3. The van der Waals surface area contributed by atoms with Crippen LogP contribution in [0.25, 0.3) is 11.1 Å². The highest BCUT2D eigenvalue weighted by Crippen LogP contribution is 2.39. The Kier molecular flexibility index (Phi) is 10.3. The Bertz CT molecular complexity index is 2100. The Morgan fingerprint density at radius 1 is 0.540 bits per heavy atom. The molecule has 4 heteroatoms. The van der Waals surface area contributed by atoms with Crippen LogP contribution in [0, 0.1) is 20.8 Å². The molecule has 0 amide bonds. The first kappa shape index (κ1) is 34.0. The highest BCUT2D eigenvalue weighted by molar-refractivity contribution is 5.84. The third kappa shape index (κ3) is 7.40. The molecule has 0 radical (unpaired) electrons. The van der Waals surface area contributed by atoms with E-state index in [9.17, 15) is 4.79 Å². The van der Waals surface area contributed by atoms with Crippen molar-refractivity contribution in [3.8, 4) is 16.9 Å². The van der Waals surface area contributed by atoms with E-state index >= 15 is 0 Å². The Balaban J connectivity index is 1.33. The van der Waals surface area contributed by atoms with Crippen molar-refractivity contribution >= 4 is 40.1 Å². The topological polar surface area (TPSA) is 32.8 Å². The SMILES string of the molecule is C=CC(=O)Oc1ccc(N(c2ccc(-c3ccc(N(c4ccc(C)cc4)c4ccc(C)c(CC)c4)cc3)cc2)c2ccc(C)c(CC)c2)cc1. The number of anilines is 6. The van der Waals surface area contributed by atoms with E-state index in [1.54, 1.807) is 0 Å². The van der Waals surface area contributed by atoms with Crippen LogP contribution in [-0.4, -0.2) is 5.97 Å². The van der Waals surface area contributed by atoms with Gasteiger partial charge in [0, 0.05) is 40.2 Å². The molecular formula is C46H44N2O2. The zero-order valence-corrected chi connectivity index (χ0v) is 29.6. The molecule has 0 aliphatic rings. The Labute approximate surface area is 296 Å². The van der Waals surface area contributed by atoms with Crippen LogP contribution in [0.5, 0.6) is 5.75 Å². The molecule has 0 saturated carbocycles. The van der Waals surface area contributed by atoms with Gasteiger partial charge >= 0.3 is 5.97 Å². The molecular weight excluding hydrogens is 613 g/mol. The van der Waals surface area contributed by atoms with Crippen molar-refractivity contribution in [1.29, 1.82) is 0 Å². The monoisotopic (exact) mass is 656 g/mol. The summed E-state index contributed by atoms with van der Waals surface area (Å²) in [6, 6.07) is 47.1. The predicted molar refractivity (Wildman–Crippen MR) is 210 cm³/mol. The van der Waals surface area contributed by atoms with Gasteiger partial charge in [-0.1, -0.05) is 74.5 Å². The first-order valence-electron chi connectivity index (χ1n) is 17.3. The maximum atomic E-state index is 11.8. The van der Waals surface area contributed by atoms with Gasteiger partial charge in [-0.2, -0.15) is 0 Å². The minimum Gasteiger partial charge on any atom is -0.423 e. The fourth-order valence-corrected chi connectivity index (χ4v) is 6.37. The maximum absolute atomic E-state index is 11.8. The average Bonchev–Trinajstić information content (AvgIpc) is 3.15. The van der Waals surface area contributed by atoms with Crippen LogP contribution >= 0.6 is 0 Å². The van der Waals surface area contributed by atoms with E-state index in [-0.39, 0.29) is 0 Å². The van der Waals surface area contributed by atoms with Gasteiger partial charge in [0.25, 0.3) is 0 Å². The number of hydrogen-bond donors (Lipinski definition) is 0. The zero-order chi connectivity index (χ0) is 35.2. The van der Waals surface area contributed by atoms with Crippen LogP contribution < -0.4 is 14.5 Å². The van der Waals surface area contributed by atoms with Crippen molar-refractivity contribution in [3.05, 3.63) is 174 Å². The summed E-state index contributed by atoms with van der Waals surface area (Å²) >= 11 is 0. The second-order valence-electron chi connectivity index (χ2n) is 12.6. The van der Waals surface area contributed by atoms with Gasteiger partial charge in [0.15, 0.2) is 0 Å². The minimum absolute atomic E-state index is 0.477. The Morgan fingerprint density at radius 2 is 0.900 bits per heavy atom. The molecule has 0 N–H and O–H groups in total. The van der Waals surface area contributed by atoms with Crippen molar-refractivity contribution in [2.24, 2.45) is 0 Å². The van der Waals surface area contributed by atoms with E-state index in [0.717, 1.165) is 58.1 Å². The van der Waals surface area contributed by atoms with Crippen LogP contribution in [-0.2, 0) is 17.6 Å². The van der Waals surface area contributed by atoms with Gasteiger partial charge in [0.05, 0.1) is 0 Å². The number of benzene rings is 6. The number of rotatable bonds is 11. The molecule has 0 atom stereocenters. The summed E-state index contributed by atoms with van der Waals surface area (Å²) in [7, 11) is 0. The number of hydrogen-bond acceptors (Lipinski definition) is 4. The molecule has 250 valence electrons. The summed E-state index contributed by atoms with van der Waals surface area (Å²) in [5.41, 5.74) is 15.2. The molecule has 0 fully saturated rings. The van der Waals surface area contributed by atoms with Gasteiger partial charge in [-0.3, -0.25) is 0 Å². The molecule has 50 heavy (non-hydrogen) atoms. The number of nitrogens with zero attached hydrogens (tertiary/aromatic N) is 2. The zero-order valence-electron chi connectivity index (χ0n) is 29.6. The van der Waals surface area contributed by atoms with Gasteiger partial charge in [0.1, 0.15) is 5.75 Å². The van der Waals surface area contributed by atoms with Gasteiger partial charge in [-0.25, -0.2) is 4.79 Å². The second-order valence-corrected chi connectivity index (χ2v) is 12.6. The van der Waals surface area contributed by atoms with Crippen LogP contribution in [0.2, 0.25) is 0 Å². The first-order chi connectivity index (χ1) is 24.3. The molecule has 0 aromatic heterocycles. The number of carbonyl (C=O) groups excluding carboxylic acids is 1. The number of carbonyl (C=O) groups is 1. The summed E-state index contributed by atoms with van der Waals surface area (Å²) in [5, 5.41) is 0. The number of aryl methyl sites for hydroxylation is 5. The lowest BCUT2D eigenvalue weighted by Gasteiger charge is -2.27. The van der Waals surface area contributed by atoms with Crippen molar-refractivity contribution in [3.63, 3.8) is 0 Å². The summed E-state index contributed by atoms with van der Waals surface area (Å²) in [5.74, 6) is -0.00216. The lowest BCUT2D eigenvalue weighted by Crippen LogP contribution is -2.11. The van der Waals surface area contributed by atoms with E-state index in [1.165, 1.54) is 33.9 Å². The fourth-order valence-electron chi connectivity index (χ4n) is 6.37. The molecule has 6 rings (SSSR count). The molecule has 0 aliphatic heterocycles. The third-order valence-corrected chi connectivity index (χ3v) is 9.30. The van der Waals surface area contributed by atoms with Crippen LogP contribution in [0.15, 0.2) is 146 Å². The molecule has 4 nitrogen and oxygen atoms in total. The van der Waals surface area contributed by atoms with E-state index in [1.807, 2.05) is 24.3 Å². The predicted octanol–water partition coefficient (Wildman–Crippen LogP) is 12.4. The van der Waals surface area contributed by atoms with E-state index in [0.29, 0.717) is 5.75 Å². The van der Waals surface area contributed by atoms with Gasteiger partial charge < -0.3 is 14.5 Å². The summed E-state index contributed by atoms with van der Waals surface area (Å²) < 4.78 is 5.34. The molecule has 6 aromatic rings. The molecule has 0 heterocycles. The molecule has 0 spiro atoms. The highest BCUT2D eigenvalue weighted by Gasteiger charge is 2.16. The largest absolute Gasteiger partial charge is 0.423 e. The molecule has 0 bridgehead atoms. The normalized spacial score (nSPS) is 10.8. The lowest BCUT2D eigenvalue weighted by molar-refractivity contribution is -0.128. The Morgan fingerprint density at radius 3 is 1.28 bits per heavy atom. The van der Waals surface area contributed by atoms with Crippen molar-refractivity contribution in [2.45, 2.75) is 47.5 Å².